The molecule has 1 aliphatic rings. The Kier molecular flexibility index (Phi) is 5.13. The molecular weight excluding hydrogens is 298 g/mol. The Bertz CT molecular complexity index is 519. The number of anilines is 1. The van der Waals surface area contributed by atoms with Crippen molar-refractivity contribution in [2.75, 3.05) is 29.5 Å². The van der Waals surface area contributed by atoms with Crippen LogP contribution in [0.25, 0.3) is 0 Å². The van der Waals surface area contributed by atoms with Crippen LogP contribution in [0.4, 0.5) is 11.4 Å². The first-order valence-corrected chi connectivity index (χ1v) is 8.30. The van der Waals surface area contributed by atoms with Crippen molar-refractivity contribution in [3.63, 3.8) is 0 Å². The number of nitrogens with one attached hydrogen (secondary N) is 1. The number of nitro benzene ring substituents is 1. The number of nitro groups is 1. The molecule has 1 fully saturated rings. The van der Waals surface area contributed by atoms with Crippen LogP contribution >= 0.6 is 23.5 Å². The minimum Gasteiger partial charge on any atom is -0.393 e. The maximum Gasteiger partial charge on any atom is 0.292 e. The molecule has 108 valence electrons. The van der Waals surface area contributed by atoms with Crippen LogP contribution < -0.4 is 11.1 Å². The van der Waals surface area contributed by atoms with Gasteiger partial charge in [-0.3, -0.25) is 14.9 Å². The quantitative estimate of drug-likeness (QED) is 0.499. The van der Waals surface area contributed by atoms with Crippen LogP contribution in [-0.2, 0) is 0 Å². The first kappa shape index (κ1) is 15.0. The number of amides is 1. The second-order valence-electron chi connectivity index (χ2n) is 4.27. The van der Waals surface area contributed by atoms with Crippen LogP contribution in [0.1, 0.15) is 10.4 Å². The SMILES string of the molecule is Nc1c(C(=O)NCC2CSCCS2)cccc1[N+](=O)[O-]. The Balaban J connectivity index is 2.01. The number of benzene rings is 1. The third kappa shape index (κ3) is 3.57. The highest BCUT2D eigenvalue weighted by atomic mass is 32.2. The molecule has 6 nitrogen and oxygen atoms in total. The second kappa shape index (κ2) is 6.85. The van der Waals surface area contributed by atoms with E-state index < -0.39 is 4.92 Å². The monoisotopic (exact) mass is 313 g/mol. The zero-order chi connectivity index (χ0) is 14.5. The van der Waals surface area contributed by atoms with Crippen molar-refractivity contribution in [3.8, 4) is 0 Å². The minimum absolute atomic E-state index is 0.0827. The van der Waals surface area contributed by atoms with Gasteiger partial charge in [0.15, 0.2) is 0 Å². The van der Waals surface area contributed by atoms with E-state index in [-0.39, 0.29) is 22.8 Å². The molecule has 1 aromatic carbocycles. The summed E-state index contributed by atoms with van der Waals surface area (Å²) in [5.74, 6) is 2.88. The van der Waals surface area contributed by atoms with E-state index in [1.165, 1.54) is 18.2 Å². The van der Waals surface area contributed by atoms with Crippen molar-refractivity contribution in [1.29, 1.82) is 0 Å². The third-order valence-electron chi connectivity index (χ3n) is 2.90. The lowest BCUT2D eigenvalue weighted by Crippen LogP contribution is -2.33. The van der Waals surface area contributed by atoms with Gasteiger partial charge in [0.2, 0.25) is 0 Å². The van der Waals surface area contributed by atoms with Crippen LogP contribution in [0.15, 0.2) is 18.2 Å². The number of nitrogens with two attached hydrogens (primary N) is 1. The maximum absolute atomic E-state index is 12.1. The van der Waals surface area contributed by atoms with Crippen LogP contribution in [0.2, 0.25) is 0 Å². The summed E-state index contributed by atoms with van der Waals surface area (Å²) in [6.45, 7) is 0.554. The smallest absolute Gasteiger partial charge is 0.292 e. The van der Waals surface area contributed by atoms with E-state index >= 15 is 0 Å². The van der Waals surface area contributed by atoms with Crippen LogP contribution in [0.5, 0.6) is 0 Å². The Morgan fingerprint density at radius 3 is 2.95 bits per heavy atom. The van der Waals surface area contributed by atoms with E-state index in [4.69, 9.17) is 5.73 Å². The normalized spacial score (nSPS) is 18.5. The molecule has 0 spiro atoms. The molecule has 2 rings (SSSR count). The molecule has 0 aliphatic carbocycles. The average Bonchev–Trinajstić information content (AvgIpc) is 2.46. The van der Waals surface area contributed by atoms with Gasteiger partial charge < -0.3 is 11.1 Å². The fourth-order valence-corrected chi connectivity index (χ4v) is 4.48. The number of carbonyl (C=O) groups is 1. The minimum atomic E-state index is -0.584. The number of nitrogens with zero attached hydrogens (tertiary/aromatic N) is 1. The maximum atomic E-state index is 12.1. The number of para-hydroxylation sites is 1. The lowest BCUT2D eigenvalue weighted by Gasteiger charge is -2.21. The van der Waals surface area contributed by atoms with E-state index in [1.54, 1.807) is 0 Å². The molecule has 1 atom stereocenters. The van der Waals surface area contributed by atoms with E-state index in [2.05, 4.69) is 5.32 Å². The number of carbonyl (C=O) groups excluding carboxylic acids is 1. The average molecular weight is 313 g/mol. The van der Waals surface area contributed by atoms with Gasteiger partial charge in [0.1, 0.15) is 5.69 Å². The third-order valence-corrected chi connectivity index (χ3v) is 5.74. The van der Waals surface area contributed by atoms with Crippen molar-refractivity contribution in [2.45, 2.75) is 5.25 Å². The van der Waals surface area contributed by atoms with Gasteiger partial charge in [0, 0.05) is 35.1 Å². The number of nitrogen functional groups attached to an aromatic ring is 1. The lowest BCUT2D eigenvalue weighted by atomic mass is 10.1. The molecule has 0 aromatic heterocycles. The first-order chi connectivity index (χ1) is 9.59. The molecule has 3 N–H and O–H groups in total. The highest BCUT2D eigenvalue weighted by Gasteiger charge is 2.20. The highest BCUT2D eigenvalue weighted by molar-refractivity contribution is 8.06. The van der Waals surface area contributed by atoms with Crippen molar-refractivity contribution >= 4 is 40.8 Å². The molecule has 20 heavy (non-hydrogen) atoms. The van der Waals surface area contributed by atoms with E-state index in [1.807, 2.05) is 23.5 Å². The summed E-state index contributed by atoms with van der Waals surface area (Å²) < 4.78 is 0. The Morgan fingerprint density at radius 2 is 2.30 bits per heavy atom. The summed E-state index contributed by atoms with van der Waals surface area (Å²) >= 11 is 3.71. The number of thioether (sulfide) groups is 2. The largest absolute Gasteiger partial charge is 0.393 e. The van der Waals surface area contributed by atoms with Gasteiger partial charge in [-0.1, -0.05) is 6.07 Å². The molecule has 1 saturated heterocycles. The molecule has 1 aliphatic heterocycles. The Labute approximate surface area is 125 Å². The van der Waals surface area contributed by atoms with Crippen LogP contribution in [0, 0.1) is 10.1 Å². The van der Waals surface area contributed by atoms with Gasteiger partial charge in [-0.25, -0.2) is 0 Å². The summed E-state index contributed by atoms with van der Waals surface area (Å²) in [6, 6.07) is 4.26. The van der Waals surface area contributed by atoms with Gasteiger partial charge >= 0.3 is 0 Å². The van der Waals surface area contributed by atoms with Gasteiger partial charge in [0.25, 0.3) is 11.6 Å². The van der Waals surface area contributed by atoms with Gasteiger partial charge in [-0.05, 0) is 6.07 Å². The molecule has 1 heterocycles. The van der Waals surface area contributed by atoms with Crippen LogP contribution in [-0.4, -0.2) is 39.9 Å². The predicted molar refractivity (Wildman–Crippen MR) is 83.4 cm³/mol. The van der Waals surface area contributed by atoms with E-state index in [9.17, 15) is 14.9 Å². The molecule has 8 heteroatoms. The summed E-state index contributed by atoms with van der Waals surface area (Å²) in [5, 5.41) is 14.0. The molecule has 1 amide bonds. The van der Waals surface area contributed by atoms with Crippen molar-refractivity contribution in [2.24, 2.45) is 0 Å². The summed E-state index contributed by atoms with van der Waals surface area (Å²) in [6.07, 6.45) is 0. The second-order valence-corrected chi connectivity index (χ2v) is 6.83. The Hall–Kier alpha value is -1.41. The Morgan fingerprint density at radius 1 is 1.50 bits per heavy atom. The van der Waals surface area contributed by atoms with E-state index in [0.29, 0.717) is 11.8 Å². The van der Waals surface area contributed by atoms with Crippen LogP contribution in [0.3, 0.4) is 0 Å². The summed E-state index contributed by atoms with van der Waals surface area (Å²) in [5.41, 5.74) is 5.52. The van der Waals surface area contributed by atoms with Gasteiger partial charge in [-0.2, -0.15) is 23.5 Å². The predicted octanol–water partition coefficient (Wildman–Crippen LogP) is 1.76. The molecule has 0 bridgehead atoms. The van der Waals surface area contributed by atoms with Gasteiger partial charge in [-0.15, -0.1) is 0 Å². The zero-order valence-electron chi connectivity index (χ0n) is 10.7. The zero-order valence-corrected chi connectivity index (χ0v) is 12.3. The number of hydrogen-bond acceptors (Lipinski definition) is 6. The molecule has 0 radical (unpaired) electrons. The van der Waals surface area contributed by atoms with Crippen molar-refractivity contribution < 1.29 is 9.72 Å². The molecule has 0 saturated carbocycles. The van der Waals surface area contributed by atoms with Gasteiger partial charge in [0.05, 0.1) is 10.5 Å². The number of hydrogen-bond donors (Lipinski definition) is 2. The topological polar surface area (TPSA) is 98.3 Å². The molecule has 1 unspecified atom stereocenters. The summed E-state index contributed by atoms with van der Waals surface area (Å²) in [4.78, 5) is 22.3. The molecular formula is C12H15N3O3S2. The fourth-order valence-electron chi connectivity index (χ4n) is 1.87. The summed E-state index contributed by atoms with van der Waals surface area (Å²) in [7, 11) is 0. The first-order valence-electron chi connectivity index (χ1n) is 6.10. The standard InChI is InChI=1S/C12H15N3O3S2/c13-11-9(2-1-3-10(11)15(17)18)12(16)14-6-8-7-19-4-5-20-8/h1-3,8H,4-7,13H2,(H,14,16). The van der Waals surface area contributed by atoms with E-state index in [0.717, 1.165) is 17.3 Å². The van der Waals surface area contributed by atoms with Crippen molar-refractivity contribution in [1.82, 2.24) is 5.32 Å². The van der Waals surface area contributed by atoms with Crippen molar-refractivity contribution in [3.05, 3.63) is 33.9 Å². The highest BCUT2D eigenvalue weighted by Crippen LogP contribution is 2.25. The lowest BCUT2D eigenvalue weighted by molar-refractivity contribution is -0.383. The fraction of sp³-hybridized carbons (Fsp3) is 0.417. The number of rotatable bonds is 4. The molecule has 1 aromatic rings.